The van der Waals surface area contributed by atoms with Crippen LogP contribution in [0.15, 0.2) is 64.0 Å². The Morgan fingerprint density at radius 1 is 1.00 bits per heavy atom. The van der Waals surface area contributed by atoms with Crippen LogP contribution in [0.2, 0.25) is 0 Å². The van der Waals surface area contributed by atoms with Gasteiger partial charge in [0.05, 0.1) is 25.1 Å². The Morgan fingerprint density at radius 3 is 2.48 bits per heavy atom. The van der Waals surface area contributed by atoms with Crippen LogP contribution in [0.1, 0.15) is 29.6 Å². The number of hydrogen-bond acceptors (Lipinski definition) is 5. The summed E-state index contributed by atoms with van der Waals surface area (Å²) in [6, 6.07) is 16.3. The molecule has 3 rings (SSSR count). The molecule has 1 aromatic heterocycles. The third-order valence-electron chi connectivity index (χ3n) is 4.57. The molecule has 0 aliphatic carbocycles. The molecule has 0 atom stereocenters. The van der Waals surface area contributed by atoms with Gasteiger partial charge in [0.25, 0.3) is 0 Å². The summed E-state index contributed by atoms with van der Waals surface area (Å²) in [6.45, 7) is 6.56. The highest BCUT2D eigenvalue weighted by molar-refractivity contribution is 6.39. The standard InChI is InChI=1S/C24H25N3O4/c1-4-30-20-9-7-18(8-10-20)25-14-21-11-12-22(31-21)15-26-23(28)24(29)27-19-6-5-16(2)17(3)13-19/h5-14H,4,15H2,1-3H3,(H,26,28)(H,27,29). The van der Waals surface area contributed by atoms with Gasteiger partial charge in [0, 0.05) is 5.69 Å². The molecule has 160 valence electrons. The number of anilines is 1. The Hall–Kier alpha value is -3.87. The molecule has 0 saturated heterocycles. The third kappa shape index (κ3) is 6.30. The van der Waals surface area contributed by atoms with Crippen LogP contribution in [0.3, 0.4) is 0 Å². The van der Waals surface area contributed by atoms with Gasteiger partial charge in [0.1, 0.15) is 17.3 Å². The number of ether oxygens (including phenoxy) is 1. The molecule has 0 saturated carbocycles. The molecule has 0 aliphatic rings. The Labute approximate surface area is 181 Å². The van der Waals surface area contributed by atoms with Crippen LogP contribution in [-0.2, 0) is 16.1 Å². The van der Waals surface area contributed by atoms with Crippen molar-refractivity contribution >= 4 is 29.4 Å². The predicted octanol–water partition coefficient (Wildman–Crippen LogP) is 4.30. The van der Waals surface area contributed by atoms with Gasteiger partial charge < -0.3 is 19.8 Å². The number of nitrogens with zero attached hydrogens (tertiary/aromatic N) is 1. The van der Waals surface area contributed by atoms with Crippen molar-refractivity contribution < 1.29 is 18.7 Å². The van der Waals surface area contributed by atoms with Crippen molar-refractivity contribution in [3.63, 3.8) is 0 Å². The molecule has 0 bridgehead atoms. The maximum Gasteiger partial charge on any atom is 0.313 e. The van der Waals surface area contributed by atoms with Crippen LogP contribution in [0, 0.1) is 13.8 Å². The molecule has 0 aliphatic heterocycles. The number of carbonyl (C=O) groups excluding carboxylic acids is 2. The average molecular weight is 419 g/mol. The van der Waals surface area contributed by atoms with Crippen molar-refractivity contribution in [2.75, 3.05) is 11.9 Å². The second kappa shape index (κ2) is 10.2. The Kier molecular flexibility index (Phi) is 7.22. The minimum atomic E-state index is -0.737. The molecular weight excluding hydrogens is 394 g/mol. The van der Waals surface area contributed by atoms with E-state index in [1.54, 1.807) is 24.4 Å². The minimum absolute atomic E-state index is 0.0933. The molecule has 7 nitrogen and oxygen atoms in total. The van der Waals surface area contributed by atoms with Gasteiger partial charge in [0.15, 0.2) is 0 Å². The largest absolute Gasteiger partial charge is 0.494 e. The highest BCUT2D eigenvalue weighted by Gasteiger charge is 2.14. The number of hydrogen-bond donors (Lipinski definition) is 2. The minimum Gasteiger partial charge on any atom is -0.494 e. The molecule has 31 heavy (non-hydrogen) atoms. The molecule has 3 aromatic rings. The third-order valence-corrected chi connectivity index (χ3v) is 4.57. The molecule has 0 fully saturated rings. The first-order valence-electron chi connectivity index (χ1n) is 9.96. The number of rotatable bonds is 7. The van der Waals surface area contributed by atoms with Crippen molar-refractivity contribution in [3.05, 3.63) is 77.2 Å². The second-order valence-corrected chi connectivity index (χ2v) is 6.93. The Morgan fingerprint density at radius 2 is 1.77 bits per heavy atom. The highest BCUT2D eigenvalue weighted by Crippen LogP contribution is 2.18. The average Bonchev–Trinajstić information content (AvgIpc) is 3.22. The van der Waals surface area contributed by atoms with Crippen molar-refractivity contribution in [2.45, 2.75) is 27.3 Å². The van der Waals surface area contributed by atoms with E-state index in [9.17, 15) is 9.59 Å². The summed E-state index contributed by atoms with van der Waals surface area (Å²) in [4.78, 5) is 28.5. The first-order chi connectivity index (χ1) is 14.9. The van der Waals surface area contributed by atoms with Crippen molar-refractivity contribution in [1.82, 2.24) is 5.32 Å². The SMILES string of the molecule is CCOc1ccc(N=Cc2ccc(CNC(=O)C(=O)Nc3ccc(C)c(C)c3)o2)cc1. The van der Waals surface area contributed by atoms with E-state index in [0.717, 1.165) is 22.6 Å². The van der Waals surface area contributed by atoms with Crippen LogP contribution >= 0.6 is 0 Å². The quantitative estimate of drug-likeness (QED) is 0.441. The maximum atomic E-state index is 12.1. The summed E-state index contributed by atoms with van der Waals surface area (Å²) in [5.41, 5.74) is 3.49. The van der Waals surface area contributed by atoms with E-state index in [1.807, 2.05) is 57.2 Å². The maximum absolute atomic E-state index is 12.1. The molecule has 2 amide bonds. The molecule has 1 heterocycles. The number of amides is 2. The number of benzene rings is 2. The first-order valence-corrected chi connectivity index (χ1v) is 9.96. The normalized spacial score (nSPS) is 10.8. The smallest absolute Gasteiger partial charge is 0.313 e. The lowest BCUT2D eigenvalue weighted by Crippen LogP contribution is -2.34. The van der Waals surface area contributed by atoms with Gasteiger partial charge in [-0.1, -0.05) is 6.07 Å². The molecule has 2 aromatic carbocycles. The van der Waals surface area contributed by atoms with E-state index in [-0.39, 0.29) is 6.54 Å². The summed E-state index contributed by atoms with van der Waals surface area (Å²) >= 11 is 0. The zero-order valence-electron chi connectivity index (χ0n) is 17.8. The fourth-order valence-electron chi connectivity index (χ4n) is 2.75. The predicted molar refractivity (Wildman–Crippen MR) is 120 cm³/mol. The first kappa shape index (κ1) is 21.8. The van der Waals surface area contributed by atoms with Gasteiger partial charge in [0.2, 0.25) is 0 Å². The lowest BCUT2D eigenvalue weighted by Gasteiger charge is -2.07. The molecule has 0 unspecified atom stereocenters. The van der Waals surface area contributed by atoms with Gasteiger partial charge in [-0.15, -0.1) is 0 Å². The lowest BCUT2D eigenvalue weighted by atomic mass is 10.1. The van der Waals surface area contributed by atoms with Gasteiger partial charge in [-0.2, -0.15) is 0 Å². The monoisotopic (exact) mass is 419 g/mol. The van der Waals surface area contributed by atoms with E-state index in [4.69, 9.17) is 9.15 Å². The Balaban J connectivity index is 1.50. The summed E-state index contributed by atoms with van der Waals surface area (Å²) in [6.07, 6.45) is 1.59. The molecule has 2 N–H and O–H groups in total. The van der Waals surface area contributed by atoms with Crippen molar-refractivity contribution in [1.29, 1.82) is 0 Å². The van der Waals surface area contributed by atoms with E-state index in [1.165, 1.54) is 0 Å². The van der Waals surface area contributed by atoms with Crippen LogP contribution < -0.4 is 15.4 Å². The van der Waals surface area contributed by atoms with Crippen LogP contribution in [-0.4, -0.2) is 24.6 Å². The van der Waals surface area contributed by atoms with Gasteiger partial charge in [-0.3, -0.25) is 14.6 Å². The van der Waals surface area contributed by atoms with Gasteiger partial charge in [-0.25, -0.2) is 0 Å². The highest BCUT2D eigenvalue weighted by atomic mass is 16.5. The lowest BCUT2D eigenvalue weighted by molar-refractivity contribution is -0.136. The summed E-state index contributed by atoms with van der Waals surface area (Å²) in [5, 5.41) is 5.14. The number of carbonyl (C=O) groups is 2. The van der Waals surface area contributed by atoms with Gasteiger partial charge >= 0.3 is 11.8 Å². The van der Waals surface area contributed by atoms with Crippen LogP contribution in [0.4, 0.5) is 11.4 Å². The zero-order chi connectivity index (χ0) is 22.2. The van der Waals surface area contributed by atoms with Crippen molar-refractivity contribution in [2.24, 2.45) is 4.99 Å². The van der Waals surface area contributed by atoms with Crippen LogP contribution in [0.5, 0.6) is 5.75 Å². The van der Waals surface area contributed by atoms with Crippen LogP contribution in [0.25, 0.3) is 0 Å². The topological polar surface area (TPSA) is 92.9 Å². The molecular formula is C24H25N3O4. The van der Waals surface area contributed by atoms with E-state index in [2.05, 4.69) is 15.6 Å². The fraction of sp³-hybridized carbons (Fsp3) is 0.208. The fourth-order valence-corrected chi connectivity index (χ4v) is 2.75. The number of aryl methyl sites for hydroxylation is 2. The number of aliphatic imine (C=N–C) groups is 1. The molecule has 0 radical (unpaired) electrons. The van der Waals surface area contributed by atoms with E-state index in [0.29, 0.717) is 23.8 Å². The van der Waals surface area contributed by atoms with E-state index >= 15 is 0 Å². The molecule has 7 heteroatoms. The number of nitrogens with one attached hydrogen (secondary N) is 2. The zero-order valence-corrected chi connectivity index (χ0v) is 17.8. The summed E-state index contributed by atoms with van der Waals surface area (Å²) < 4.78 is 11.0. The summed E-state index contributed by atoms with van der Waals surface area (Å²) in [5.74, 6) is 0.378. The van der Waals surface area contributed by atoms with Crippen molar-refractivity contribution in [3.8, 4) is 5.75 Å². The second-order valence-electron chi connectivity index (χ2n) is 6.93. The molecule has 0 spiro atoms. The number of furan rings is 1. The van der Waals surface area contributed by atoms with Gasteiger partial charge in [-0.05, 0) is 80.4 Å². The summed E-state index contributed by atoms with van der Waals surface area (Å²) in [7, 11) is 0. The van der Waals surface area contributed by atoms with E-state index < -0.39 is 11.8 Å². The Bertz CT molecular complexity index is 1080.